The van der Waals surface area contributed by atoms with Gasteiger partial charge in [-0.15, -0.1) is 0 Å². The van der Waals surface area contributed by atoms with E-state index in [1.807, 2.05) is 0 Å². The second kappa shape index (κ2) is 5.93. The molecule has 1 N–H and O–H groups in total. The topological polar surface area (TPSA) is 24.5 Å². The summed E-state index contributed by atoms with van der Waals surface area (Å²) in [5.74, 6) is 1.10. The minimum absolute atomic E-state index is 0.739. The van der Waals surface area contributed by atoms with E-state index >= 15 is 0 Å². The van der Waals surface area contributed by atoms with E-state index in [9.17, 15) is 0 Å². The molecule has 3 heteroatoms. The second-order valence-electron chi connectivity index (χ2n) is 5.68. The highest BCUT2D eigenvalue weighted by molar-refractivity contribution is 5.39. The first kappa shape index (κ1) is 12.9. The predicted octanol–water partition coefficient (Wildman–Crippen LogP) is 1.85. The van der Waals surface area contributed by atoms with Gasteiger partial charge >= 0.3 is 0 Å². The molecular formula is C16H24N2O. The third-order valence-corrected chi connectivity index (χ3v) is 4.38. The molecule has 3 nitrogen and oxygen atoms in total. The number of rotatable bonds is 5. The maximum absolute atomic E-state index is 5.56. The monoisotopic (exact) mass is 260 g/mol. The van der Waals surface area contributed by atoms with E-state index in [0.29, 0.717) is 0 Å². The number of benzene rings is 1. The summed E-state index contributed by atoms with van der Waals surface area (Å²) in [6.45, 7) is 4.43. The molecule has 0 aromatic heterocycles. The maximum Gasteiger partial charge on any atom is 0.122 e. The van der Waals surface area contributed by atoms with E-state index < -0.39 is 0 Å². The first-order chi connectivity index (χ1) is 9.36. The number of nitrogens with one attached hydrogen (secondary N) is 1. The van der Waals surface area contributed by atoms with Crippen LogP contribution in [0.2, 0.25) is 0 Å². The van der Waals surface area contributed by atoms with Gasteiger partial charge in [-0.3, -0.25) is 4.90 Å². The van der Waals surface area contributed by atoms with Crippen molar-refractivity contribution in [2.24, 2.45) is 0 Å². The van der Waals surface area contributed by atoms with Crippen LogP contribution in [0.25, 0.3) is 0 Å². The maximum atomic E-state index is 5.56. The van der Waals surface area contributed by atoms with Gasteiger partial charge in [0.1, 0.15) is 5.75 Å². The third-order valence-electron chi connectivity index (χ3n) is 4.38. The van der Waals surface area contributed by atoms with Gasteiger partial charge < -0.3 is 10.1 Å². The van der Waals surface area contributed by atoms with Crippen molar-refractivity contribution in [1.29, 1.82) is 0 Å². The molecule has 0 spiro atoms. The van der Waals surface area contributed by atoms with Crippen LogP contribution < -0.4 is 10.1 Å². The molecule has 1 atom stereocenters. The fraction of sp³-hybridized carbons (Fsp3) is 0.625. The Labute approximate surface area is 115 Å². The van der Waals surface area contributed by atoms with E-state index in [4.69, 9.17) is 4.74 Å². The van der Waals surface area contributed by atoms with Gasteiger partial charge in [-0.25, -0.2) is 0 Å². The van der Waals surface area contributed by atoms with Gasteiger partial charge in [-0.05, 0) is 50.0 Å². The zero-order valence-corrected chi connectivity index (χ0v) is 11.8. The van der Waals surface area contributed by atoms with E-state index in [2.05, 4.69) is 35.5 Å². The van der Waals surface area contributed by atoms with Crippen molar-refractivity contribution in [1.82, 2.24) is 10.2 Å². The minimum atomic E-state index is 0.739. The normalized spacial score (nSPS) is 22.5. The van der Waals surface area contributed by atoms with E-state index in [1.165, 1.54) is 37.1 Å². The van der Waals surface area contributed by atoms with Gasteiger partial charge in [-0.2, -0.15) is 0 Å². The first-order valence-electron chi connectivity index (χ1n) is 7.50. The Kier molecular flexibility index (Phi) is 4.04. The van der Waals surface area contributed by atoms with Crippen LogP contribution in [0.15, 0.2) is 18.2 Å². The fourth-order valence-corrected chi connectivity index (χ4v) is 3.32. The van der Waals surface area contributed by atoms with Crippen LogP contribution in [0.1, 0.15) is 24.0 Å². The predicted molar refractivity (Wildman–Crippen MR) is 77.9 cm³/mol. The molecule has 104 valence electrons. The summed E-state index contributed by atoms with van der Waals surface area (Å²) < 4.78 is 5.56. The number of hydrogen-bond donors (Lipinski definition) is 1. The molecule has 2 aliphatic rings. The van der Waals surface area contributed by atoms with Crippen LogP contribution in [0.3, 0.4) is 0 Å². The Morgan fingerprint density at radius 2 is 2.37 bits per heavy atom. The van der Waals surface area contributed by atoms with E-state index in [0.717, 1.165) is 37.8 Å². The highest BCUT2D eigenvalue weighted by Crippen LogP contribution is 2.26. The number of fused-ring (bicyclic) bond motifs is 1. The summed E-state index contributed by atoms with van der Waals surface area (Å²) >= 11 is 0. The molecule has 0 bridgehead atoms. The van der Waals surface area contributed by atoms with Crippen LogP contribution in [0.5, 0.6) is 5.75 Å². The van der Waals surface area contributed by atoms with Gasteiger partial charge in [0.25, 0.3) is 0 Å². The largest absolute Gasteiger partial charge is 0.493 e. The van der Waals surface area contributed by atoms with E-state index in [1.54, 1.807) is 0 Å². The molecular weight excluding hydrogens is 236 g/mol. The summed E-state index contributed by atoms with van der Waals surface area (Å²) in [5.41, 5.74) is 2.85. The molecule has 0 aliphatic carbocycles. The van der Waals surface area contributed by atoms with Gasteiger partial charge in [0.15, 0.2) is 0 Å². The molecule has 19 heavy (non-hydrogen) atoms. The SMILES string of the molecule is CNCC1CCCN1CCc1ccc2c(c1)CCO2. The number of nitrogens with zero attached hydrogens (tertiary/aromatic N) is 1. The average Bonchev–Trinajstić information content (AvgIpc) is 3.05. The average molecular weight is 260 g/mol. The summed E-state index contributed by atoms with van der Waals surface area (Å²) in [4.78, 5) is 2.64. The van der Waals surface area contributed by atoms with Crippen LogP contribution in [0, 0.1) is 0 Å². The second-order valence-corrected chi connectivity index (χ2v) is 5.68. The number of hydrogen-bond acceptors (Lipinski definition) is 3. The molecule has 3 rings (SSSR count). The van der Waals surface area contributed by atoms with Crippen LogP contribution in [-0.2, 0) is 12.8 Å². The number of ether oxygens (including phenoxy) is 1. The smallest absolute Gasteiger partial charge is 0.122 e. The molecule has 0 saturated carbocycles. The fourth-order valence-electron chi connectivity index (χ4n) is 3.32. The summed E-state index contributed by atoms with van der Waals surface area (Å²) in [5, 5.41) is 3.31. The highest BCUT2D eigenvalue weighted by Gasteiger charge is 2.23. The molecule has 2 aliphatic heterocycles. The molecule has 1 fully saturated rings. The van der Waals surface area contributed by atoms with Gasteiger partial charge in [0, 0.05) is 25.6 Å². The molecule has 1 aromatic rings. The van der Waals surface area contributed by atoms with Crippen molar-refractivity contribution in [2.45, 2.75) is 31.7 Å². The standard InChI is InChI=1S/C16H24N2O/c1-17-12-15-3-2-8-18(15)9-6-13-4-5-16-14(11-13)7-10-19-16/h4-5,11,15,17H,2-3,6-10,12H2,1H3. The quantitative estimate of drug-likeness (QED) is 0.874. The molecule has 2 heterocycles. The summed E-state index contributed by atoms with van der Waals surface area (Å²) in [7, 11) is 2.05. The van der Waals surface area contributed by atoms with Crippen molar-refractivity contribution < 1.29 is 4.74 Å². The van der Waals surface area contributed by atoms with Gasteiger partial charge in [0.2, 0.25) is 0 Å². The molecule has 0 radical (unpaired) electrons. The lowest BCUT2D eigenvalue weighted by Crippen LogP contribution is -2.37. The molecule has 1 unspecified atom stereocenters. The zero-order valence-electron chi connectivity index (χ0n) is 11.8. The lowest BCUT2D eigenvalue weighted by atomic mass is 10.1. The van der Waals surface area contributed by atoms with Crippen molar-refractivity contribution in [3.63, 3.8) is 0 Å². The van der Waals surface area contributed by atoms with Crippen molar-refractivity contribution in [3.05, 3.63) is 29.3 Å². The Morgan fingerprint density at radius 1 is 1.42 bits per heavy atom. The Bertz CT molecular complexity index is 433. The Morgan fingerprint density at radius 3 is 3.26 bits per heavy atom. The lowest BCUT2D eigenvalue weighted by Gasteiger charge is -2.24. The summed E-state index contributed by atoms with van der Waals surface area (Å²) in [6, 6.07) is 7.45. The van der Waals surface area contributed by atoms with Crippen molar-refractivity contribution in [3.8, 4) is 5.75 Å². The Balaban J connectivity index is 1.57. The zero-order chi connectivity index (χ0) is 13.1. The van der Waals surface area contributed by atoms with Gasteiger partial charge in [0.05, 0.1) is 6.61 Å². The Hall–Kier alpha value is -1.06. The molecule has 1 aromatic carbocycles. The number of likely N-dealkylation sites (tertiary alicyclic amines) is 1. The van der Waals surface area contributed by atoms with Crippen LogP contribution in [0.4, 0.5) is 0 Å². The van der Waals surface area contributed by atoms with Crippen molar-refractivity contribution in [2.75, 3.05) is 33.3 Å². The van der Waals surface area contributed by atoms with Crippen LogP contribution in [-0.4, -0.2) is 44.2 Å². The first-order valence-corrected chi connectivity index (χ1v) is 7.50. The van der Waals surface area contributed by atoms with Crippen molar-refractivity contribution >= 4 is 0 Å². The van der Waals surface area contributed by atoms with E-state index in [-0.39, 0.29) is 0 Å². The minimum Gasteiger partial charge on any atom is -0.493 e. The highest BCUT2D eigenvalue weighted by atomic mass is 16.5. The number of likely N-dealkylation sites (N-methyl/N-ethyl adjacent to an activating group) is 1. The molecule has 0 amide bonds. The summed E-state index contributed by atoms with van der Waals surface area (Å²) in [6.07, 6.45) is 4.94. The lowest BCUT2D eigenvalue weighted by molar-refractivity contribution is 0.253. The van der Waals surface area contributed by atoms with Crippen LogP contribution >= 0.6 is 0 Å². The molecule has 1 saturated heterocycles. The van der Waals surface area contributed by atoms with Gasteiger partial charge in [-0.1, -0.05) is 12.1 Å². The third kappa shape index (κ3) is 2.93.